The van der Waals surface area contributed by atoms with E-state index in [0.29, 0.717) is 41.9 Å². The summed E-state index contributed by atoms with van der Waals surface area (Å²) in [5.74, 6) is 2.02. The molecule has 1 aliphatic carbocycles. The number of nitrogens with one attached hydrogen (secondary N) is 2. The highest BCUT2D eigenvalue weighted by atomic mass is 16.5. The number of fused-ring (bicyclic) bond motifs is 7. The smallest absolute Gasteiger partial charge is 0.204 e. The summed E-state index contributed by atoms with van der Waals surface area (Å²) in [6, 6.07) is 38.2. The number of benzene rings is 5. The van der Waals surface area contributed by atoms with Gasteiger partial charge < -0.3 is 49.1 Å². The molecule has 1 spiro atoms. The van der Waals surface area contributed by atoms with E-state index in [1.54, 1.807) is 30.3 Å². The first kappa shape index (κ1) is 48.8. The van der Waals surface area contributed by atoms with Crippen LogP contribution >= 0.6 is 0 Å². The lowest BCUT2D eigenvalue weighted by molar-refractivity contribution is 0.156. The molecule has 0 radical (unpaired) electrons. The first-order chi connectivity index (χ1) is 35.2. The SMILES string of the molecule is CCc1cc2c([nH]1)N1CCNC[C@@H]1C1(CCCCC1)c1ccc(cc1)C[C@@H](CO)COc1c(OC)c(OCC[C@@H](O)/C=C/c3ccccc3)c3c(=O)cc(-c4ccc(O)cc4)oc3c1CCc1cccc-2c1. The van der Waals surface area contributed by atoms with Gasteiger partial charge in [-0.15, -0.1) is 0 Å². The fourth-order valence-corrected chi connectivity index (χ4v) is 11.5. The van der Waals surface area contributed by atoms with Crippen LogP contribution in [0.25, 0.3) is 39.5 Å². The molecule has 11 heteroatoms. The van der Waals surface area contributed by atoms with E-state index < -0.39 is 6.10 Å². The molecule has 5 aromatic carbocycles. The first-order valence-corrected chi connectivity index (χ1v) is 25.9. The van der Waals surface area contributed by atoms with E-state index in [1.165, 1.54) is 55.1 Å². The predicted molar refractivity (Wildman–Crippen MR) is 286 cm³/mol. The lowest BCUT2D eigenvalue weighted by atomic mass is 9.64. The van der Waals surface area contributed by atoms with E-state index in [-0.39, 0.29) is 77.3 Å². The average Bonchev–Trinajstić information content (AvgIpc) is 3.86. The molecule has 0 amide bonds. The highest BCUT2D eigenvalue weighted by Gasteiger charge is 2.46. The topological polar surface area (TPSA) is 150 Å². The zero-order valence-corrected chi connectivity index (χ0v) is 41.5. The van der Waals surface area contributed by atoms with Crippen molar-refractivity contribution >= 4 is 22.9 Å². The molecule has 4 aliphatic rings. The van der Waals surface area contributed by atoms with Gasteiger partial charge in [0.1, 0.15) is 28.3 Å². The molecule has 1 saturated carbocycles. The molecular weight excluding hydrogens is 903 g/mol. The molecule has 374 valence electrons. The Bertz CT molecular complexity index is 3050. The minimum atomic E-state index is -0.832. The Kier molecular flexibility index (Phi) is 14.9. The number of ether oxygens (including phenoxy) is 3. The standard InChI is InChI=1S/C61H67N3O8/c1-3-47-35-51-45-14-10-13-41(34-45)18-26-50-56-55(52(68)36-53(72-56)44-19-24-48(66)25-20-44)58(70-32-27-49(67)23-17-40-11-6-4-7-12-40)59(69-2)57(50)71-39-43(38-65)33-42-15-21-46(22-16-42)61(28-8-5-9-29-61)54-37-62-30-31-64(54)60(51)63-47/h4,6-7,10-17,19-25,34-36,43,49,54,62-63,65-67H,3,5,8-9,18,26-33,37-39H2,1-2H3/b23-17+/t43-,49-,54+/m0/s1. The van der Waals surface area contributed by atoms with Gasteiger partial charge in [-0.3, -0.25) is 4.79 Å². The van der Waals surface area contributed by atoms with E-state index in [0.717, 1.165) is 61.2 Å². The summed E-state index contributed by atoms with van der Waals surface area (Å²) < 4.78 is 26.5. The van der Waals surface area contributed by atoms with Crippen molar-refractivity contribution in [3.63, 3.8) is 0 Å². The summed E-state index contributed by atoms with van der Waals surface area (Å²) in [4.78, 5) is 21.3. The molecule has 3 aliphatic heterocycles. The highest BCUT2D eigenvalue weighted by molar-refractivity contribution is 5.93. The number of rotatable bonds is 10. The number of nitrogens with zero attached hydrogens (tertiary/aromatic N) is 1. The molecule has 11 rings (SSSR count). The average molecular weight is 970 g/mol. The Labute approximate surface area is 422 Å². The van der Waals surface area contributed by atoms with Crippen LogP contribution in [0.1, 0.15) is 79.0 Å². The zero-order valence-electron chi connectivity index (χ0n) is 41.5. The van der Waals surface area contributed by atoms with Crippen LogP contribution in [-0.2, 0) is 31.1 Å². The second-order valence-electron chi connectivity index (χ2n) is 19.9. The number of methoxy groups -OCH3 is 1. The Morgan fingerprint density at radius 1 is 0.889 bits per heavy atom. The van der Waals surface area contributed by atoms with Crippen LogP contribution in [0, 0.1) is 5.92 Å². The van der Waals surface area contributed by atoms with E-state index in [1.807, 2.05) is 36.4 Å². The number of aliphatic hydroxyl groups is 2. The molecule has 4 bridgehead atoms. The number of aryl methyl sites for hydroxylation is 3. The largest absolute Gasteiger partial charge is 0.508 e. The van der Waals surface area contributed by atoms with Gasteiger partial charge in [0.2, 0.25) is 5.75 Å². The number of phenolic OH excluding ortho intramolecular Hbond substituents is 1. The second kappa shape index (κ2) is 21.9. The minimum absolute atomic E-state index is 0.0436. The van der Waals surface area contributed by atoms with Crippen molar-refractivity contribution in [2.75, 3.05) is 51.5 Å². The second-order valence-corrected chi connectivity index (χ2v) is 19.9. The number of hydrogen-bond acceptors (Lipinski definition) is 10. The Balaban J connectivity index is 1.11. The van der Waals surface area contributed by atoms with E-state index in [9.17, 15) is 20.1 Å². The van der Waals surface area contributed by atoms with Gasteiger partial charge in [-0.25, -0.2) is 0 Å². The molecule has 2 aromatic heterocycles. The van der Waals surface area contributed by atoms with Crippen molar-refractivity contribution in [1.29, 1.82) is 0 Å². The van der Waals surface area contributed by atoms with Crippen LogP contribution < -0.4 is 29.9 Å². The summed E-state index contributed by atoms with van der Waals surface area (Å²) >= 11 is 0. The van der Waals surface area contributed by atoms with Crippen LogP contribution in [0.2, 0.25) is 0 Å². The van der Waals surface area contributed by atoms with Crippen LogP contribution in [0.5, 0.6) is 23.0 Å². The third-order valence-electron chi connectivity index (χ3n) is 15.3. The molecular formula is C61H67N3O8. The predicted octanol–water partition coefficient (Wildman–Crippen LogP) is 10.6. The summed E-state index contributed by atoms with van der Waals surface area (Å²) in [6.45, 7) is 4.95. The third-order valence-corrected chi connectivity index (χ3v) is 15.3. The van der Waals surface area contributed by atoms with Crippen LogP contribution in [-0.4, -0.2) is 79.0 Å². The van der Waals surface area contributed by atoms with Crippen molar-refractivity contribution in [1.82, 2.24) is 10.3 Å². The number of aromatic hydroxyl groups is 1. The van der Waals surface area contributed by atoms with Crippen LogP contribution in [0.4, 0.5) is 5.82 Å². The third kappa shape index (κ3) is 10.2. The maximum atomic E-state index is 14.7. The highest BCUT2D eigenvalue weighted by Crippen LogP contribution is 2.49. The molecule has 5 heterocycles. The van der Waals surface area contributed by atoms with Gasteiger partial charge in [-0.1, -0.05) is 117 Å². The fourth-order valence-electron chi connectivity index (χ4n) is 11.5. The number of aromatic nitrogens is 1. The number of hydrogen-bond donors (Lipinski definition) is 5. The van der Waals surface area contributed by atoms with Gasteiger partial charge in [0.25, 0.3) is 0 Å². The van der Waals surface area contributed by atoms with Gasteiger partial charge >= 0.3 is 0 Å². The van der Waals surface area contributed by atoms with E-state index in [4.69, 9.17) is 18.6 Å². The Morgan fingerprint density at radius 2 is 1.69 bits per heavy atom. The lowest BCUT2D eigenvalue weighted by Crippen LogP contribution is -2.61. The monoisotopic (exact) mass is 969 g/mol. The summed E-state index contributed by atoms with van der Waals surface area (Å²) in [6.07, 6.45) is 11.3. The minimum Gasteiger partial charge on any atom is -0.508 e. The van der Waals surface area contributed by atoms with Crippen LogP contribution in [0.3, 0.4) is 0 Å². The molecule has 5 N–H and O–H groups in total. The molecule has 7 aromatic rings. The van der Waals surface area contributed by atoms with Crippen molar-refractivity contribution in [3.8, 4) is 45.4 Å². The molecule has 72 heavy (non-hydrogen) atoms. The van der Waals surface area contributed by atoms with E-state index in [2.05, 4.69) is 76.7 Å². The number of H-pyrrole nitrogens is 1. The molecule has 3 atom stereocenters. The van der Waals surface area contributed by atoms with Gasteiger partial charge in [0.05, 0.1) is 32.5 Å². The number of aliphatic hydroxyl groups excluding tert-OH is 2. The number of aromatic amines is 1. The van der Waals surface area contributed by atoms with Gasteiger partial charge in [0.15, 0.2) is 16.9 Å². The van der Waals surface area contributed by atoms with Gasteiger partial charge in [0, 0.05) is 72.4 Å². The number of anilines is 1. The molecule has 0 unspecified atom stereocenters. The van der Waals surface area contributed by atoms with Crippen LogP contribution in [0.15, 0.2) is 131 Å². The number of phenols is 1. The molecule has 2 fully saturated rings. The van der Waals surface area contributed by atoms with Crippen molar-refractivity contribution in [2.24, 2.45) is 5.92 Å². The quantitative estimate of drug-likeness (QED) is 0.0897. The zero-order chi connectivity index (χ0) is 49.6. The lowest BCUT2D eigenvalue weighted by Gasteiger charge is -2.51. The van der Waals surface area contributed by atoms with Crippen molar-refractivity contribution in [2.45, 2.75) is 88.7 Å². The van der Waals surface area contributed by atoms with Crippen molar-refractivity contribution < 1.29 is 33.9 Å². The van der Waals surface area contributed by atoms with E-state index >= 15 is 0 Å². The molecule has 11 nitrogen and oxygen atoms in total. The fraction of sp³-hybridized carbons (Fsp3) is 0.361. The maximum Gasteiger partial charge on any atom is 0.204 e. The summed E-state index contributed by atoms with van der Waals surface area (Å²) in [5, 5.41) is 36.3. The van der Waals surface area contributed by atoms with Gasteiger partial charge in [-0.05, 0) is 96.7 Å². The Hall–Kier alpha value is -6.79. The molecule has 1 saturated heterocycles. The summed E-state index contributed by atoms with van der Waals surface area (Å²) in [5.41, 5.74) is 9.17. The first-order valence-electron chi connectivity index (χ1n) is 25.9. The van der Waals surface area contributed by atoms with Crippen molar-refractivity contribution in [3.05, 3.63) is 165 Å². The summed E-state index contributed by atoms with van der Waals surface area (Å²) in [7, 11) is 1.54. The van der Waals surface area contributed by atoms with Gasteiger partial charge in [-0.2, -0.15) is 0 Å². The number of piperazine rings is 1. The Morgan fingerprint density at radius 3 is 2.46 bits per heavy atom. The maximum absolute atomic E-state index is 14.7. The normalized spacial score (nSPS) is 18.5.